The van der Waals surface area contributed by atoms with Crippen LogP contribution in [0.2, 0.25) is 0 Å². The van der Waals surface area contributed by atoms with E-state index in [9.17, 15) is 13.6 Å². The molecule has 1 unspecified atom stereocenters. The summed E-state index contributed by atoms with van der Waals surface area (Å²) < 4.78 is 37.7. The van der Waals surface area contributed by atoms with Crippen LogP contribution in [-0.4, -0.2) is 13.1 Å². The summed E-state index contributed by atoms with van der Waals surface area (Å²) in [4.78, 5) is 11.4. The number of hydrogen-bond donors (Lipinski definition) is 1. The van der Waals surface area contributed by atoms with E-state index in [1.807, 2.05) is 0 Å². The Hall–Kier alpha value is -2.47. The molecule has 0 aliphatic heterocycles. The lowest BCUT2D eigenvalue weighted by Crippen LogP contribution is -2.24. The molecule has 2 N–H and O–H groups in total. The molecule has 0 aliphatic rings. The van der Waals surface area contributed by atoms with Crippen LogP contribution in [-0.2, 0) is 9.53 Å². The number of rotatable bonds is 4. The summed E-state index contributed by atoms with van der Waals surface area (Å²) in [7, 11) is 1.13. The molecule has 6 heteroatoms. The Balaban J connectivity index is 2.40. The first kappa shape index (κ1) is 14.9. The van der Waals surface area contributed by atoms with Gasteiger partial charge in [-0.15, -0.1) is 0 Å². The standard InChI is InChI=1S/C15H13F2NO3/c1-20-15(19)13(18)10-7-8-11(16)14(12(10)17)21-9-5-3-2-4-6-9/h2-8,13H,18H2,1H3. The Labute approximate surface area is 120 Å². The molecule has 0 spiro atoms. The van der Waals surface area contributed by atoms with E-state index in [2.05, 4.69) is 4.74 Å². The maximum absolute atomic E-state index is 14.3. The molecule has 1 atom stereocenters. The average Bonchev–Trinajstić information content (AvgIpc) is 2.51. The van der Waals surface area contributed by atoms with Crippen LogP contribution in [0.1, 0.15) is 11.6 Å². The van der Waals surface area contributed by atoms with E-state index >= 15 is 0 Å². The molecule has 0 radical (unpaired) electrons. The van der Waals surface area contributed by atoms with Gasteiger partial charge in [0.1, 0.15) is 11.8 Å². The van der Waals surface area contributed by atoms with Gasteiger partial charge in [0.2, 0.25) is 0 Å². The average molecular weight is 293 g/mol. The summed E-state index contributed by atoms with van der Waals surface area (Å²) in [6.45, 7) is 0. The van der Waals surface area contributed by atoms with Crippen LogP contribution in [0.3, 0.4) is 0 Å². The number of esters is 1. The Morgan fingerprint density at radius 3 is 2.43 bits per heavy atom. The normalized spacial score (nSPS) is 11.8. The van der Waals surface area contributed by atoms with Crippen molar-refractivity contribution in [2.45, 2.75) is 6.04 Å². The maximum atomic E-state index is 14.3. The van der Waals surface area contributed by atoms with Gasteiger partial charge in [-0.2, -0.15) is 0 Å². The van der Waals surface area contributed by atoms with Crippen molar-refractivity contribution in [2.75, 3.05) is 7.11 Å². The van der Waals surface area contributed by atoms with Crippen molar-refractivity contribution in [1.29, 1.82) is 0 Å². The Morgan fingerprint density at radius 1 is 1.14 bits per heavy atom. The molecular weight excluding hydrogens is 280 g/mol. The third-order valence-corrected chi connectivity index (χ3v) is 2.83. The zero-order valence-electron chi connectivity index (χ0n) is 11.2. The highest BCUT2D eigenvalue weighted by Crippen LogP contribution is 2.31. The summed E-state index contributed by atoms with van der Waals surface area (Å²) in [5.41, 5.74) is 5.37. The lowest BCUT2D eigenvalue weighted by Gasteiger charge is -2.14. The molecule has 0 aliphatic carbocycles. The van der Waals surface area contributed by atoms with Gasteiger partial charge in [-0.25, -0.2) is 8.78 Å². The fourth-order valence-corrected chi connectivity index (χ4v) is 1.74. The van der Waals surface area contributed by atoms with Crippen LogP contribution in [0.4, 0.5) is 8.78 Å². The SMILES string of the molecule is COC(=O)C(N)c1ccc(F)c(Oc2ccccc2)c1F. The molecule has 0 amide bonds. The first-order chi connectivity index (χ1) is 10.0. The van der Waals surface area contributed by atoms with Gasteiger partial charge in [0.15, 0.2) is 17.4 Å². The first-order valence-electron chi connectivity index (χ1n) is 6.08. The number of methoxy groups -OCH3 is 1. The van der Waals surface area contributed by atoms with Crippen LogP contribution in [0, 0.1) is 11.6 Å². The Bertz CT molecular complexity index is 647. The zero-order valence-corrected chi connectivity index (χ0v) is 11.2. The second kappa shape index (κ2) is 6.32. The van der Waals surface area contributed by atoms with E-state index in [-0.39, 0.29) is 11.3 Å². The number of halogens is 2. The van der Waals surface area contributed by atoms with Gasteiger partial charge >= 0.3 is 5.97 Å². The van der Waals surface area contributed by atoms with E-state index in [1.165, 1.54) is 0 Å². The molecule has 0 fully saturated rings. The minimum atomic E-state index is -1.35. The van der Waals surface area contributed by atoms with Crippen molar-refractivity contribution in [3.8, 4) is 11.5 Å². The van der Waals surface area contributed by atoms with E-state index in [0.717, 1.165) is 19.2 Å². The number of benzene rings is 2. The monoisotopic (exact) mass is 293 g/mol. The second-order valence-electron chi connectivity index (χ2n) is 4.20. The molecule has 110 valence electrons. The topological polar surface area (TPSA) is 61.5 Å². The summed E-state index contributed by atoms with van der Waals surface area (Å²) in [5.74, 6) is -3.10. The van der Waals surface area contributed by atoms with Gasteiger partial charge in [-0.1, -0.05) is 24.3 Å². The molecule has 4 nitrogen and oxygen atoms in total. The van der Waals surface area contributed by atoms with E-state index in [4.69, 9.17) is 10.5 Å². The molecule has 0 saturated heterocycles. The summed E-state index contributed by atoms with van der Waals surface area (Å²) >= 11 is 0. The van der Waals surface area contributed by atoms with E-state index in [0.29, 0.717) is 0 Å². The largest absolute Gasteiger partial charge is 0.468 e. The van der Waals surface area contributed by atoms with Crippen molar-refractivity contribution in [3.05, 3.63) is 59.7 Å². The lowest BCUT2D eigenvalue weighted by atomic mass is 10.1. The third kappa shape index (κ3) is 3.17. The molecule has 2 rings (SSSR count). The molecule has 0 bridgehead atoms. The highest BCUT2D eigenvalue weighted by Gasteiger charge is 2.24. The number of carbonyl (C=O) groups is 1. The van der Waals surface area contributed by atoms with Crippen molar-refractivity contribution < 1.29 is 23.0 Å². The highest BCUT2D eigenvalue weighted by atomic mass is 19.1. The minimum absolute atomic E-state index is 0.200. The number of nitrogens with two attached hydrogens (primary N) is 1. The number of hydrogen-bond acceptors (Lipinski definition) is 4. The van der Waals surface area contributed by atoms with Gasteiger partial charge in [0.05, 0.1) is 7.11 Å². The van der Waals surface area contributed by atoms with Crippen LogP contribution in [0.5, 0.6) is 11.5 Å². The smallest absolute Gasteiger partial charge is 0.327 e. The van der Waals surface area contributed by atoms with Crippen molar-refractivity contribution >= 4 is 5.97 Å². The van der Waals surface area contributed by atoms with Crippen LogP contribution >= 0.6 is 0 Å². The van der Waals surface area contributed by atoms with Crippen LogP contribution in [0.15, 0.2) is 42.5 Å². The van der Waals surface area contributed by atoms with Crippen LogP contribution < -0.4 is 10.5 Å². The molecule has 0 aromatic heterocycles. The van der Waals surface area contributed by atoms with Gasteiger partial charge in [-0.3, -0.25) is 4.79 Å². The van der Waals surface area contributed by atoms with Gasteiger partial charge in [-0.05, 0) is 18.2 Å². The molecular formula is C15H13F2NO3. The lowest BCUT2D eigenvalue weighted by molar-refractivity contribution is -0.142. The third-order valence-electron chi connectivity index (χ3n) is 2.83. The number of para-hydroxylation sites is 1. The highest BCUT2D eigenvalue weighted by molar-refractivity contribution is 5.77. The van der Waals surface area contributed by atoms with Crippen molar-refractivity contribution in [2.24, 2.45) is 5.73 Å². The zero-order chi connectivity index (χ0) is 15.4. The minimum Gasteiger partial charge on any atom is -0.468 e. The number of carbonyl (C=O) groups excluding carboxylic acids is 1. The maximum Gasteiger partial charge on any atom is 0.327 e. The first-order valence-corrected chi connectivity index (χ1v) is 6.08. The van der Waals surface area contributed by atoms with Gasteiger partial charge < -0.3 is 15.2 Å². The summed E-state index contributed by atoms with van der Waals surface area (Å²) in [6.07, 6.45) is 0. The summed E-state index contributed by atoms with van der Waals surface area (Å²) in [5, 5.41) is 0. The molecule has 2 aromatic rings. The van der Waals surface area contributed by atoms with Crippen molar-refractivity contribution in [3.63, 3.8) is 0 Å². The predicted octanol–water partition coefficient (Wildman–Crippen LogP) is 2.93. The van der Waals surface area contributed by atoms with Crippen molar-refractivity contribution in [1.82, 2.24) is 0 Å². The van der Waals surface area contributed by atoms with Crippen LogP contribution in [0.25, 0.3) is 0 Å². The number of ether oxygens (including phenoxy) is 2. The predicted molar refractivity (Wildman–Crippen MR) is 71.8 cm³/mol. The fraction of sp³-hybridized carbons (Fsp3) is 0.133. The van der Waals surface area contributed by atoms with Gasteiger partial charge in [0, 0.05) is 5.56 Å². The molecule has 0 saturated carbocycles. The molecule has 21 heavy (non-hydrogen) atoms. The molecule has 2 aromatic carbocycles. The summed E-state index contributed by atoms with van der Waals surface area (Å²) in [6, 6.07) is 8.88. The molecule has 0 heterocycles. The fourth-order valence-electron chi connectivity index (χ4n) is 1.74. The Kier molecular flexibility index (Phi) is 4.49. The Morgan fingerprint density at radius 2 is 1.81 bits per heavy atom. The van der Waals surface area contributed by atoms with E-state index in [1.54, 1.807) is 30.3 Å². The second-order valence-corrected chi connectivity index (χ2v) is 4.20. The quantitative estimate of drug-likeness (QED) is 0.880. The van der Waals surface area contributed by atoms with Gasteiger partial charge in [0.25, 0.3) is 0 Å². The van der Waals surface area contributed by atoms with E-state index < -0.39 is 29.4 Å².